The van der Waals surface area contributed by atoms with Gasteiger partial charge in [-0.15, -0.1) is 0 Å². The van der Waals surface area contributed by atoms with Crippen molar-refractivity contribution in [2.45, 2.75) is 31.8 Å². The molecule has 32 heavy (non-hydrogen) atoms. The first-order valence-corrected chi connectivity index (χ1v) is 10.7. The zero-order valence-corrected chi connectivity index (χ0v) is 18.1. The molecule has 5 rings (SSSR count). The molecule has 2 saturated heterocycles. The fourth-order valence-electron chi connectivity index (χ4n) is 5.56. The molecule has 1 spiro atoms. The van der Waals surface area contributed by atoms with Crippen LogP contribution in [0.2, 0.25) is 0 Å². The van der Waals surface area contributed by atoms with Gasteiger partial charge in [-0.25, -0.2) is 4.90 Å². The minimum Gasteiger partial charge on any atom is -0.326 e. The number of carbonyl (C=O) groups excluding carboxylic acids is 4. The van der Waals surface area contributed by atoms with Crippen LogP contribution < -0.4 is 20.4 Å². The average molecular weight is 432 g/mol. The first-order chi connectivity index (χ1) is 15.3. The molecule has 2 N–H and O–H groups in total. The highest BCUT2D eigenvalue weighted by atomic mass is 16.2. The van der Waals surface area contributed by atoms with Gasteiger partial charge in [0.05, 0.1) is 17.5 Å². The van der Waals surface area contributed by atoms with Gasteiger partial charge in [-0.05, 0) is 36.8 Å². The van der Waals surface area contributed by atoms with Crippen molar-refractivity contribution < 1.29 is 19.2 Å². The number of anilines is 3. The van der Waals surface area contributed by atoms with Gasteiger partial charge in [-0.2, -0.15) is 0 Å². The normalized spacial score (nSPS) is 28.5. The van der Waals surface area contributed by atoms with E-state index in [1.165, 1.54) is 11.8 Å². The van der Waals surface area contributed by atoms with E-state index in [1.807, 2.05) is 31.2 Å². The van der Waals surface area contributed by atoms with E-state index in [9.17, 15) is 19.2 Å². The Morgan fingerprint density at radius 3 is 2.41 bits per heavy atom. The lowest BCUT2D eigenvalue weighted by Crippen LogP contribution is -2.54. The largest absolute Gasteiger partial charge is 0.326 e. The van der Waals surface area contributed by atoms with Gasteiger partial charge in [0.1, 0.15) is 5.54 Å². The van der Waals surface area contributed by atoms with Crippen LogP contribution in [0.1, 0.15) is 25.8 Å². The molecular formula is C24H24N4O4. The smallest absolute Gasteiger partial charge is 0.252 e. The van der Waals surface area contributed by atoms with E-state index < -0.39 is 17.4 Å². The van der Waals surface area contributed by atoms with Crippen LogP contribution >= 0.6 is 0 Å². The molecule has 2 fully saturated rings. The molecule has 2 aromatic carbocycles. The van der Waals surface area contributed by atoms with Crippen LogP contribution in [0, 0.1) is 11.8 Å². The average Bonchev–Trinajstić information content (AvgIpc) is 3.34. The lowest BCUT2D eigenvalue weighted by atomic mass is 9.76. The van der Waals surface area contributed by atoms with Gasteiger partial charge >= 0.3 is 0 Å². The number of imide groups is 1. The maximum atomic E-state index is 13.8. The van der Waals surface area contributed by atoms with Crippen LogP contribution in [0.4, 0.5) is 17.1 Å². The summed E-state index contributed by atoms with van der Waals surface area (Å²) < 4.78 is 0. The number of benzene rings is 2. The first kappa shape index (κ1) is 20.4. The van der Waals surface area contributed by atoms with E-state index >= 15 is 0 Å². The number of nitrogens with zero attached hydrogens (tertiary/aromatic N) is 2. The van der Waals surface area contributed by atoms with E-state index in [0.29, 0.717) is 17.8 Å². The van der Waals surface area contributed by atoms with Crippen LogP contribution in [-0.4, -0.2) is 36.7 Å². The third kappa shape index (κ3) is 2.53. The summed E-state index contributed by atoms with van der Waals surface area (Å²) in [5.74, 6) is -2.56. The fourth-order valence-corrected chi connectivity index (χ4v) is 5.56. The second-order valence-electron chi connectivity index (χ2n) is 8.59. The third-order valence-electron chi connectivity index (χ3n) is 6.88. The second-order valence-corrected chi connectivity index (χ2v) is 8.59. The molecule has 4 atom stereocenters. The third-order valence-corrected chi connectivity index (χ3v) is 6.88. The number of rotatable bonds is 3. The molecule has 0 saturated carbocycles. The van der Waals surface area contributed by atoms with Crippen molar-refractivity contribution in [3.63, 3.8) is 0 Å². The summed E-state index contributed by atoms with van der Waals surface area (Å²) in [6, 6.07) is 13.7. The van der Waals surface area contributed by atoms with Crippen LogP contribution in [0.3, 0.4) is 0 Å². The van der Waals surface area contributed by atoms with Gasteiger partial charge in [-0.3, -0.25) is 24.5 Å². The lowest BCUT2D eigenvalue weighted by Gasteiger charge is -2.30. The highest BCUT2D eigenvalue weighted by Gasteiger charge is 2.71. The molecule has 4 amide bonds. The van der Waals surface area contributed by atoms with E-state index in [0.717, 1.165) is 11.3 Å². The van der Waals surface area contributed by atoms with E-state index in [1.54, 1.807) is 36.2 Å². The summed E-state index contributed by atoms with van der Waals surface area (Å²) in [6.07, 6.45) is 0.608. The number of hydrogen-bond donors (Lipinski definition) is 2. The Labute approximate surface area is 185 Å². The van der Waals surface area contributed by atoms with Crippen LogP contribution in [0.15, 0.2) is 48.5 Å². The summed E-state index contributed by atoms with van der Waals surface area (Å²) in [4.78, 5) is 54.9. The number of nitrogens with one attached hydrogen (secondary N) is 2. The summed E-state index contributed by atoms with van der Waals surface area (Å²) >= 11 is 0. The number of fused-ring (bicyclic) bond motifs is 4. The number of para-hydroxylation sites is 1. The second kappa shape index (κ2) is 7.00. The quantitative estimate of drug-likeness (QED) is 0.723. The molecule has 8 heteroatoms. The molecule has 3 aliphatic rings. The minimum atomic E-state index is -1.26. The standard InChI is InChI=1S/C24H24N4O4/c1-4-17-19-20(24(26-17)16-7-5-6-8-18(16)27(3)23(24)32)22(31)28(21(19)30)15-11-9-14(10-12-15)25-13(2)29/h5-12,17,19-20,26H,4H2,1-3H3,(H,25,29)/t17-,19+,20+,24-/m0/s1. The highest BCUT2D eigenvalue weighted by molar-refractivity contribution is 6.26. The van der Waals surface area contributed by atoms with Crippen molar-refractivity contribution >= 4 is 40.7 Å². The Morgan fingerprint density at radius 2 is 1.75 bits per heavy atom. The van der Waals surface area contributed by atoms with E-state index in [-0.39, 0.29) is 29.7 Å². The Balaban J connectivity index is 1.60. The lowest BCUT2D eigenvalue weighted by molar-refractivity contribution is -0.131. The zero-order chi connectivity index (χ0) is 22.8. The number of hydrogen-bond acceptors (Lipinski definition) is 5. The summed E-state index contributed by atoms with van der Waals surface area (Å²) in [7, 11) is 1.70. The van der Waals surface area contributed by atoms with Crippen molar-refractivity contribution in [3.8, 4) is 0 Å². The predicted molar refractivity (Wildman–Crippen MR) is 119 cm³/mol. The van der Waals surface area contributed by atoms with Gasteiger partial charge in [0, 0.05) is 37.0 Å². The Hall–Kier alpha value is -3.52. The summed E-state index contributed by atoms with van der Waals surface area (Å²) in [6.45, 7) is 3.36. The molecule has 0 radical (unpaired) electrons. The maximum absolute atomic E-state index is 13.8. The number of carbonyl (C=O) groups is 4. The van der Waals surface area contributed by atoms with Crippen molar-refractivity contribution in [2.24, 2.45) is 11.8 Å². The molecule has 0 unspecified atom stereocenters. The molecule has 0 aromatic heterocycles. The molecule has 8 nitrogen and oxygen atoms in total. The zero-order valence-electron chi connectivity index (χ0n) is 18.1. The van der Waals surface area contributed by atoms with Crippen molar-refractivity contribution in [1.82, 2.24) is 5.32 Å². The SMILES string of the molecule is CC[C@@H]1N[C@]2(C(=O)N(C)c3ccccc32)[C@H]2C(=O)N(c3ccc(NC(C)=O)cc3)C(=O)[C@H]12. The van der Waals surface area contributed by atoms with Crippen molar-refractivity contribution in [1.29, 1.82) is 0 Å². The monoisotopic (exact) mass is 432 g/mol. The number of likely N-dealkylation sites (N-methyl/N-ethyl adjacent to an activating group) is 1. The molecule has 164 valence electrons. The van der Waals surface area contributed by atoms with Gasteiger partial charge < -0.3 is 10.2 Å². The minimum absolute atomic E-state index is 0.207. The molecular weight excluding hydrogens is 408 g/mol. The number of amides is 4. The van der Waals surface area contributed by atoms with Crippen LogP contribution in [0.25, 0.3) is 0 Å². The van der Waals surface area contributed by atoms with Crippen molar-refractivity contribution in [3.05, 3.63) is 54.1 Å². The fraction of sp³-hybridized carbons (Fsp3) is 0.333. The van der Waals surface area contributed by atoms with Crippen LogP contribution in [-0.2, 0) is 24.7 Å². The predicted octanol–water partition coefficient (Wildman–Crippen LogP) is 2.00. The Bertz CT molecular complexity index is 1160. The van der Waals surface area contributed by atoms with Gasteiger partial charge in [0.15, 0.2) is 0 Å². The van der Waals surface area contributed by atoms with Gasteiger partial charge in [0.25, 0.3) is 5.91 Å². The Kier molecular flexibility index (Phi) is 4.46. The molecule has 2 aromatic rings. The highest BCUT2D eigenvalue weighted by Crippen LogP contribution is 2.55. The Morgan fingerprint density at radius 1 is 1.06 bits per heavy atom. The maximum Gasteiger partial charge on any atom is 0.252 e. The molecule has 3 heterocycles. The van der Waals surface area contributed by atoms with Crippen LogP contribution in [0.5, 0.6) is 0 Å². The van der Waals surface area contributed by atoms with Crippen molar-refractivity contribution in [2.75, 3.05) is 22.2 Å². The topological polar surface area (TPSA) is 98.8 Å². The van der Waals surface area contributed by atoms with Gasteiger partial charge in [-0.1, -0.05) is 25.1 Å². The van der Waals surface area contributed by atoms with E-state index in [4.69, 9.17) is 0 Å². The van der Waals surface area contributed by atoms with Gasteiger partial charge in [0.2, 0.25) is 17.7 Å². The van der Waals surface area contributed by atoms with E-state index in [2.05, 4.69) is 10.6 Å². The molecule has 3 aliphatic heterocycles. The molecule has 0 aliphatic carbocycles. The summed E-state index contributed by atoms with van der Waals surface area (Å²) in [5, 5.41) is 6.09. The first-order valence-electron chi connectivity index (χ1n) is 10.7. The summed E-state index contributed by atoms with van der Waals surface area (Å²) in [5.41, 5.74) is 1.24. The molecule has 0 bridgehead atoms.